The van der Waals surface area contributed by atoms with Gasteiger partial charge in [-0.25, -0.2) is 9.18 Å². The Kier molecular flexibility index (Phi) is 4.51. The number of aromatic nitrogens is 2. The number of nitrogens with one attached hydrogen (secondary N) is 1. The van der Waals surface area contributed by atoms with Crippen LogP contribution in [0.4, 0.5) is 4.39 Å². The molecule has 1 aliphatic rings. The van der Waals surface area contributed by atoms with Gasteiger partial charge in [0, 0.05) is 24.7 Å². The van der Waals surface area contributed by atoms with Crippen LogP contribution in [0.5, 0.6) is 0 Å². The summed E-state index contributed by atoms with van der Waals surface area (Å²) in [7, 11) is 0. The van der Waals surface area contributed by atoms with Crippen LogP contribution >= 0.6 is 0 Å². The van der Waals surface area contributed by atoms with Crippen molar-refractivity contribution in [1.82, 2.24) is 9.55 Å². The van der Waals surface area contributed by atoms with Crippen molar-refractivity contribution >= 4 is 0 Å². The molecular weight excluding hydrogens is 293 g/mol. The van der Waals surface area contributed by atoms with Crippen molar-refractivity contribution in [2.24, 2.45) is 5.73 Å². The lowest BCUT2D eigenvalue weighted by molar-refractivity contribution is -0.0556. The average molecular weight is 311 g/mol. The fourth-order valence-corrected chi connectivity index (χ4v) is 2.59. The summed E-state index contributed by atoms with van der Waals surface area (Å²) < 4.78 is 21.0. The SMILES string of the molecule is C#CC[C@@]1(O)[C@@H](CN)O[C@@H](n2cc(CC)c(=O)[nH]c2=O)[C@@H]1F. The molecule has 0 saturated carbocycles. The molecule has 0 unspecified atom stereocenters. The highest BCUT2D eigenvalue weighted by Gasteiger charge is 2.56. The zero-order valence-corrected chi connectivity index (χ0v) is 12.1. The van der Waals surface area contributed by atoms with Crippen molar-refractivity contribution < 1.29 is 14.2 Å². The maximum Gasteiger partial charge on any atom is 0.330 e. The van der Waals surface area contributed by atoms with E-state index in [4.69, 9.17) is 16.9 Å². The van der Waals surface area contributed by atoms with Crippen LogP contribution in [0.15, 0.2) is 15.8 Å². The Morgan fingerprint density at radius 2 is 2.32 bits per heavy atom. The lowest BCUT2D eigenvalue weighted by Gasteiger charge is -2.26. The number of hydrogen-bond donors (Lipinski definition) is 3. The Labute approximate surface area is 125 Å². The lowest BCUT2D eigenvalue weighted by atomic mass is 9.89. The summed E-state index contributed by atoms with van der Waals surface area (Å²) in [5.41, 5.74) is 2.46. The van der Waals surface area contributed by atoms with Gasteiger partial charge in [0.25, 0.3) is 5.56 Å². The molecule has 1 fully saturated rings. The van der Waals surface area contributed by atoms with Gasteiger partial charge in [-0.3, -0.25) is 14.3 Å². The van der Waals surface area contributed by atoms with Gasteiger partial charge in [0.1, 0.15) is 11.7 Å². The number of aryl methyl sites for hydroxylation is 1. The van der Waals surface area contributed by atoms with Gasteiger partial charge in [-0.05, 0) is 6.42 Å². The van der Waals surface area contributed by atoms with E-state index >= 15 is 0 Å². The molecule has 8 heteroatoms. The highest BCUT2D eigenvalue weighted by Crippen LogP contribution is 2.40. The van der Waals surface area contributed by atoms with Gasteiger partial charge >= 0.3 is 5.69 Å². The second-order valence-corrected chi connectivity index (χ2v) is 5.20. The summed E-state index contributed by atoms with van der Waals surface area (Å²) in [5.74, 6) is 2.19. The molecule has 0 bridgehead atoms. The van der Waals surface area contributed by atoms with Crippen molar-refractivity contribution in [2.75, 3.05) is 6.54 Å². The fraction of sp³-hybridized carbons (Fsp3) is 0.571. The normalized spacial score (nSPS) is 31.1. The van der Waals surface area contributed by atoms with Crippen LogP contribution in [0.3, 0.4) is 0 Å². The molecule has 4 atom stereocenters. The zero-order valence-electron chi connectivity index (χ0n) is 12.1. The molecule has 0 amide bonds. The topological polar surface area (TPSA) is 110 Å². The van der Waals surface area contributed by atoms with E-state index in [0.29, 0.717) is 12.0 Å². The van der Waals surface area contributed by atoms with E-state index in [0.717, 1.165) is 4.57 Å². The molecule has 4 N–H and O–H groups in total. The van der Waals surface area contributed by atoms with Crippen LogP contribution in [0, 0.1) is 12.3 Å². The Morgan fingerprint density at radius 1 is 1.64 bits per heavy atom. The molecule has 1 saturated heterocycles. The van der Waals surface area contributed by atoms with Gasteiger partial charge in [0.2, 0.25) is 0 Å². The molecular formula is C14H18FN3O4. The third kappa shape index (κ3) is 2.47. The monoisotopic (exact) mass is 311 g/mol. The number of terminal acetylenes is 1. The number of aromatic amines is 1. The first-order chi connectivity index (χ1) is 10.4. The minimum absolute atomic E-state index is 0.159. The molecule has 7 nitrogen and oxygen atoms in total. The molecule has 0 aliphatic carbocycles. The molecule has 22 heavy (non-hydrogen) atoms. The number of ether oxygens (including phenoxy) is 1. The smallest absolute Gasteiger partial charge is 0.330 e. The quantitative estimate of drug-likeness (QED) is 0.621. The molecule has 1 aromatic rings. The van der Waals surface area contributed by atoms with Crippen molar-refractivity contribution in [3.8, 4) is 12.3 Å². The van der Waals surface area contributed by atoms with Gasteiger partial charge in [0.05, 0.1) is 0 Å². The predicted molar refractivity (Wildman–Crippen MR) is 77.0 cm³/mol. The number of H-pyrrole nitrogens is 1. The summed E-state index contributed by atoms with van der Waals surface area (Å²) in [4.78, 5) is 25.6. The second-order valence-electron chi connectivity index (χ2n) is 5.20. The van der Waals surface area contributed by atoms with Crippen molar-refractivity contribution in [3.05, 3.63) is 32.6 Å². The van der Waals surface area contributed by atoms with Crippen LogP contribution in [-0.4, -0.2) is 39.1 Å². The Balaban J connectivity index is 2.49. The van der Waals surface area contributed by atoms with Gasteiger partial charge in [-0.15, -0.1) is 12.3 Å². The molecule has 2 heterocycles. The van der Waals surface area contributed by atoms with Crippen molar-refractivity contribution in [3.63, 3.8) is 0 Å². The van der Waals surface area contributed by atoms with Crippen LogP contribution in [0.25, 0.3) is 0 Å². The van der Waals surface area contributed by atoms with Crippen molar-refractivity contribution in [2.45, 2.75) is 43.9 Å². The molecule has 0 aromatic carbocycles. The number of halogens is 1. The summed E-state index contributed by atoms with van der Waals surface area (Å²) in [5, 5.41) is 10.4. The molecule has 1 aliphatic heterocycles. The number of nitrogens with zero attached hydrogens (tertiary/aromatic N) is 1. The van der Waals surface area contributed by atoms with E-state index in [1.54, 1.807) is 6.92 Å². The number of alkyl halides is 1. The van der Waals surface area contributed by atoms with E-state index in [1.165, 1.54) is 6.20 Å². The Morgan fingerprint density at radius 3 is 2.86 bits per heavy atom. The largest absolute Gasteiger partial charge is 0.383 e. The first-order valence-electron chi connectivity index (χ1n) is 6.88. The maximum absolute atomic E-state index is 14.7. The van der Waals surface area contributed by atoms with E-state index in [-0.39, 0.29) is 13.0 Å². The lowest BCUT2D eigenvalue weighted by Crippen LogP contribution is -2.48. The van der Waals surface area contributed by atoms with Crippen molar-refractivity contribution in [1.29, 1.82) is 0 Å². The molecule has 2 rings (SSSR count). The van der Waals surface area contributed by atoms with E-state index in [2.05, 4.69) is 10.9 Å². The van der Waals surface area contributed by atoms with E-state index < -0.39 is 35.4 Å². The number of hydrogen-bond acceptors (Lipinski definition) is 5. The third-order valence-electron chi connectivity index (χ3n) is 3.89. The highest BCUT2D eigenvalue weighted by molar-refractivity contribution is 5.11. The Bertz CT molecular complexity index is 707. The second kappa shape index (κ2) is 6.04. The molecule has 1 aromatic heterocycles. The molecule has 0 radical (unpaired) electrons. The van der Waals surface area contributed by atoms with Crippen LogP contribution in [0.1, 0.15) is 25.1 Å². The third-order valence-corrected chi connectivity index (χ3v) is 3.89. The van der Waals surface area contributed by atoms with Gasteiger partial charge in [-0.1, -0.05) is 6.92 Å². The zero-order chi connectivity index (χ0) is 16.5. The number of aliphatic hydroxyl groups is 1. The number of nitrogens with two attached hydrogens (primary N) is 1. The van der Waals surface area contributed by atoms with Gasteiger partial charge in [0.15, 0.2) is 12.4 Å². The first-order valence-corrected chi connectivity index (χ1v) is 6.88. The van der Waals surface area contributed by atoms with Gasteiger partial charge in [-0.2, -0.15) is 0 Å². The summed E-state index contributed by atoms with van der Waals surface area (Å²) in [6.07, 6.45) is 2.04. The van der Waals surface area contributed by atoms with Gasteiger partial charge < -0.3 is 15.6 Å². The van der Waals surface area contributed by atoms with E-state index in [1.807, 2.05) is 0 Å². The average Bonchev–Trinajstić information content (AvgIpc) is 2.72. The minimum atomic E-state index is -1.98. The number of rotatable bonds is 4. The molecule has 0 spiro atoms. The van der Waals surface area contributed by atoms with E-state index in [9.17, 15) is 19.1 Å². The standard InChI is InChI=1S/C14H18FN3O4/c1-3-5-14(21)9(6-16)22-12(10(14)15)18-7-8(4-2)11(19)17-13(18)20/h1,7,9-10,12,21H,4-6,16H2,2H3,(H,17,19,20)/t9-,10+,12-,14-/m1/s1. The summed E-state index contributed by atoms with van der Waals surface area (Å²) >= 11 is 0. The summed E-state index contributed by atoms with van der Waals surface area (Å²) in [6.45, 7) is 1.56. The minimum Gasteiger partial charge on any atom is -0.383 e. The van der Waals surface area contributed by atoms with Crippen LogP contribution < -0.4 is 17.0 Å². The first kappa shape index (κ1) is 16.4. The van der Waals surface area contributed by atoms with Crippen LogP contribution in [-0.2, 0) is 11.2 Å². The molecule has 120 valence electrons. The van der Waals surface area contributed by atoms with Crippen LogP contribution in [0.2, 0.25) is 0 Å². The fourth-order valence-electron chi connectivity index (χ4n) is 2.59. The summed E-state index contributed by atoms with van der Waals surface area (Å²) in [6, 6.07) is 0. The maximum atomic E-state index is 14.7. The Hall–Kier alpha value is -1.95. The predicted octanol–water partition coefficient (Wildman–Crippen LogP) is -0.952. The highest BCUT2D eigenvalue weighted by atomic mass is 19.1.